The molecule has 0 spiro atoms. The van der Waals surface area contributed by atoms with Gasteiger partial charge in [-0.2, -0.15) is 0 Å². The fourth-order valence-electron chi connectivity index (χ4n) is 3.21. The van der Waals surface area contributed by atoms with Crippen LogP contribution in [0.3, 0.4) is 0 Å². The van der Waals surface area contributed by atoms with Gasteiger partial charge in [-0.25, -0.2) is 0 Å². The van der Waals surface area contributed by atoms with Crippen LogP contribution in [0.4, 0.5) is 0 Å². The zero-order valence-corrected chi connectivity index (χ0v) is 8.81. The quantitative estimate of drug-likeness (QED) is 0.708. The summed E-state index contributed by atoms with van der Waals surface area (Å²) in [5.41, 5.74) is 6.88. The Balaban J connectivity index is 2.05. The first-order valence-corrected chi connectivity index (χ1v) is 5.40. The summed E-state index contributed by atoms with van der Waals surface area (Å²) in [6, 6.07) is 0. The lowest BCUT2D eigenvalue weighted by Crippen LogP contribution is -2.33. The van der Waals surface area contributed by atoms with Crippen molar-refractivity contribution in [2.45, 2.75) is 33.1 Å². The zero-order valence-electron chi connectivity index (χ0n) is 8.81. The molecule has 76 valence electrons. The monoisotopic (exact) mass is 183 g/mol. The van der Waals surface area contributed by atoms with Crippen molar-refractivity contribution in [2.24, 2.45) is 22.5 Å². The molecule has 0 bridgehead atoms. The average Bonchev–Trinajstić information content (AvgIpc) is 2.72. The summed E-state index contributed by atoms with van der Waals surface area (Å²) < 4.78 is 5.39. The smallest absolute Gasteiger partial charge is 0.0468 e. The molecule has 1 saturated carbocycles. The van der Waals surface area contributed by atoms with Crippen molar-refractivity contribution < 1.29 is 4.74 Å². The molecule has 2 rings (SSSR count). The van der Waals surface area contributed by atoms with Crippen molar-refractivity contribution in [3.05, 3.63) is 0 Å². The van der Waals surface area contributed by atoms with E-state index < -0.39 is 0 Å². The van der Waals surface area contributed by atoms with E-state index in [2.05, 4.69) is 13.8 Å². The lowest BCUT2D eigenvalue weighted by Gasteiger charge is -2.32. The largest absolute Gasteiger partial charge is 0.381 e. The lowest BCUT2D eigenvalue weighted by atomic mass is 9.78. The average molecular weight is 183 g/mol. The van der Waals surface area contributed by atoms with Gasteiger partial charge in [0, 0.05) is 13.2 Å². The maximum atomic E-state index is 5.93. The minimum absolute atomic E-state index is 0.455. The molecular formula is C11H21NO. The van der Waals surface area contributed by atoms with Crippen LogP contribution in [0.1, 0.15) is 33.1 Å². The van der Waals surface area contributed by atoms with Gasteiger partial charge < -0.3 is 10.5 Å². The summed E-state index contributed by atoms with van der Waals surface area (Å²) in [5, 5.41) is 0. The highest BCUT2D eigenvalue weighted by molar-refractivity contribution is 5.13. The van der Waals surface area contributed by atoms with Crippen LogP contribution in [0.25, 0.3) is 0 Å². The highest BCUT2D eigenvalue weighted by Gasteiger charge is 2.63. The summed E-state index contributed by atoms with van der Waals surface area (Å²) >= 11 is 0. The fraction of sp³-hybridized carbons (Fsp3) is 1.00. The van der Waals surface area contributed by atoms with Crippen LogP contribution >= 0.6 is 0 Å². The van der Waals surface area contributed by atoms with Crippen molar-refractivity contribution in [1.82, 2.24) is 0 Å². The van der Waals surface area contributed by atoms with Gasteiger partial charge in [0.1, 0.15) is 0 Å². The SMILES string of the molecule is CC1(C)CC1(CN)C1CCOCC1. The van der Waals surface area contributed by atoms with Gasteiger partial charge in [0.2, 0.25) is 0 Å². The van der Waals surface area contributed by atoms with Gasteiger partial charge >= 0.3 is 0 Å². The Bertz CT molecular complexity index is 196. The van der Waals surface area contributed by atoms with Gasteiger partial charge in [-0.15, -0.1) is 0 Å². The van der Waals surface area contributed by atoms with E-state index in [-0.39, 0.29) is 0 Å². The molecule has 2 fully saturated rings. The Labute approximate surface area is 80.8 Å². The molecule has 2 aliphatic rings. The fourth-order valence-corrected chi connectivity index (χ4v) is 3.21. The maximum Gasteiger partial charge on any atom is 0.0468 e. The van der Waals surface area contributed by atoms with E-state index in [4.69, 9.17) is 10.5 Å². The second kappa shape index (κ2) is 2.96. The van der Waals surface area contributed by atoms with Crippen LogP contribution in [0, 0.1) is 16.7 Å². The number of rotatable bonds is 2. The van der Waals surface area contributed by atoms with Crippen LogP contribution in [0.15, 0.2) is 0 Å². The Morgan fingerprint density at radius 1 is 1.31 bits per heavy atom. The van der Waals surface area contributed by atoms with Crippen LogP contribution in [-0.4, -0.2) is 19.8 Å². The van der Waals surface area contributed by atoms with Crippen molar-refractivity contribution in [3.63, 3.8) is 0 Å². The van der Waals surface area contributed by atoms with E-state index in [1.54, 1.807) is 0 Å². The third kappa shape index (κ3) is 1.31. The standard InChI is InChI=1S/C11H21NO/c1-10(2)7-11(10,8-12)9-3-5-13-6-4-9/h9H,3-8,12H2,1-2H3. The molecule has 2 nitrogen and oxygen atoms in total. The van der Waals surface area contributed by atoms with Crippen molar-refractivity contribution >= 4 is 0 Å². The van der Waals surface area contributed by atoms with Crippen molar-refractivity contribution in [1.29, 1.82) is 0 Å². The number of hydrogen-bond acceptors (Lipinski definition) is 2. The molecule has 1 unspecified atom stereocenters. The molecule has 0 aromatic heterocycles. The van der Waals surface area contributed by atoms with Crippen LogP contribution in [0.5, 0.6) is 0 Å². The summed E-state index contributed by atoms with van der Waals surface area (Å²) in [4.78, 5) is 0. The predicted octanol–water partition coefficient (Wildman–Crippen LogP) is 1.79. The molecule has 1 heterocycles. The summed E-state index contributed by atoms with van der Waals surface area (Å²) in [6.07, 6.45) is 3.77. The van der Waals surface area contributed by atoms with Gasteiger partial charge in [-0.1, -0.05) is 13.8 Å². The molecule has 2 heteroatoms. The van der Waals surface area contributed by atoms with E-state index in [0.29, 0.717) is 10.8 Å². The van der Waals surface area contributed by atoms with E-state index in [9.17, 15) is 0 Å². The highest BCUT2D eigenvalue weighted by Crippen LogP contribution is 2.68. The number of ether oxygens (including phenoxy) is 1. The molecule has 0 radical (unpaired) electrons. The molecular weight excluding hydrogens is 162 g/mol. The maximum absolute atomic E-state index is 5.93. The first-order valence-electron chi connectivity index (χ1n) is 5.40. The minimum Gasteiger partial charge on any atom is -0.381 e. The summed E-state index contributed by atoms with van der Waals surface area (Å²) in [5.74, 6) is 0.821. The first-order chi connectivity index (χ1) is 6.12. The Morgan fingerprint density at radius 2 is 1.85 bits per heavy atom. The van der Waals surface area contributed by atoms with Crippen LogP contribution < -0.4 is 5.73 Å². The first kappa shape index (κ1) is 9.47. The Hall–Kier alpha value is -0.0800. The van der Waals surface area contributed by atoms with Crippen molar-refractivity contribution in [3.8, 4) is 0 Å². The normalized spacial score (nSPS) is 39.0. The molecule has 1 atom stereocenters. The van der Waals surface area contributed by atoms with Gasteiger partial charge in [0.25, 0.3) is 0 Å². The number of hydrogen-bond donors (Lipinski definition) is 1. The molecule has 1 aliphatic heterocycles. The van der Waals surface area contributed by atoms with Crippen molar-refractivity contribution in [2.75, 3.05) is 19.8 Å². The predicted molar refractivity (Wildman–Crippen MR) is 53.4 cm³/mol. The third-order valence-corrected chi connectivity index (χ3v) is 4.35. The highest BCUT2D eigenvalue weighted by atomic mass is 16.5. The van der Waals surface area contributed by atoms with Crippen LogP contribution in [0.2, 0.25) is 0 Å². The van der Waals surface area contributed by atoms with E-state index in [0.717, 1.165) is 25.7 Å². The van der Waals surface area contributed by atoms with Gasteiger partial charge in [0.05, 0.1) is 0 Å². The molecule has 0 aromatic rings. The van der Waals surface area contributed by atoms with Crippen LogP contribution in [-0.2, 0) is 4.74 Å². The van der Waals surface area contributed by atoms with E-state index in [1.807, 2.05) is 0 Å². The molecule has 13 heavy (non-hydrogen) atoms. The molecule has 1 saturated heterocycles. The summed E-state index contributed by atoms with van der Waals surface area (Å²) in [7, 11) is 0. The van der Waals surface area contributed by atoms with E-state index in [1.165, 1.54) is 19.3 Å². The van der Waals surface area contributed by atoms with Gasteiger partial charge in [-0.05, 0) is 42.6 Å². The molecule has 0 amide bonds. The Kier molecular flexibility index (Phi) is 2.16. The lowest BCUT2D eigenvalue weighted by molar-refractivity contribution is 0.0343. The minimum atomic E-state index is 0.455. The zero-order chi connectivity index (χ0) is 9.53. The Morgan fingerprint density at radius 3 is 2.23 bits per heavy atom. The van der Waals surface area contributed by atoms with E-state index >= 15 is 0 Å². The third-order valence-electron chi connectivity index (χ3n) is 4.35. The second-order valence-electron chi connectivity index (χ2n) is 5.31. The van der Waals surface area contributed by atoms with Gasteiger partial charge in [-0.3, -0.25) is 0 Å². The van der Waals surface area contributed by atoms with Gasteiger partial charge in [0.15, 0.2) is 0 Å². The molecule has 0 aromatic carbocycles. The topological polar surface area (TPSA) is 35.2 Å². The molecule has 2 N–H and O–H groups in total. The second-order valence-corrected chi connectivity index (χ2v) is 5.31. The number of nitrogens with two attached hydrogens (primary N) is 1. The summed E-state index contributed by atoms with van der Waals surface area (Å²) in [6.45, 7) is 7.47. The molecule has 1 aliphatic carbocycles.